The molecule has 2 rings (SSSR count). The number of hydrogen-bond acceptors (Lipinski definition) is 3. The number of hydroxylamine groups is 1. The lowest BCUT2D eigenvalue weighted by Gasteiger charge is -2.28. The van der Waals surface area contributed by atoms with Crippen LogP contribution in [0.25, 0.3) is 0 Å². The van der Waals surface area contributed by atoms with E-state index in [2.05, 4.69) is 5.32 Å². The van der Waals surface area contributed by atoms with Gasteiger partial charge in [0, 0.05) is 6.54 Å². The summed E-state index contributed by atoms with van der Waals surface area (Å²) in [5.74, 6) is -1.15. The number of amides is 1. The summed E-state index contributed by atoms with van der Waals surface area (Å²) >= 11 is 0. The highest BCUT2D eigenvalue weighted by Gasteiger charge is 2.61. The third-order valence-electron chi connectivity index (χ3n) is 3.38. The molecule has 1 saturated heterocycles. The van der Waals surface area contributed by atoms with E-state index >= 15 is 0 Å². The second-order valence-electron chi connectivity index (χ2n) is 4.71. The van der Waals surface area contributed by atoms with Crippen LogP contribution in [0.3, 0.4) is 0 Å². The lowest BCUT2D eigenvalue weighted by Crippen LogP contribution is -2.52. The summed E-state index contributed by atoms with van der Waals surface area (Å²) < 4.78 is 39.2. The fourth-order valence-corrected chi connectivity index (χ4v) is 2.11. The van der Waals surface area contributed by atoms with Crippen molar-refractivity contribution in [3.63, 3.8) is 0 Å². The number of benzene rings is 1. The molecule has 0 spiro atoms. The molecule has 0 aromatic heterocycles. The first-order valence-corrected chi connectivity index (χ1v) is 6.19. The molecule has 1 aliphatic heterocycles. The summed E-state index contributed by atoms with van der Waals surface area (Å²) in [6.45, 7) is -0.239. The lowest BCUT2D eigenvalue weighted by atomic mass is 9.85. The van der Waals surface area contributed by atoms with Gasteiger partial charge in [-0.3, -0.25) is 9.63 Å². The molecule has 0 saturated carbocycles. The molecule has 20 heavy (non-hydrogen) atoms. The van der Waals surface area contributed by atoms with Crippen LogP contribution in [0.2, 0.25) is 0 Å². The van der Waals surface area contributed by atoms with Gasteiger partial charge in [-0.2, -0.15) is 13.2 Å². The van der Waals surface area contributed by atoms with Crippen molar-refractivity contribution in [3.8, 4) is 0 Å². The van der Waals surface area contributed by atoms with Gasteiger partial charge in [-0.1, -0.05) is 30.3 Å². The number of halogens is 3. The zero-order valence-corrected chi connectivity index (χ0v) is 10.7. The van der Waals surface area contributed by atoms with E-state index in [4.69, 9.17) is 4.84 Å². The molecule has 110 valence electrons. The lowest BCUT2D eigenvalue weighted by molar-refractivity contribution is -0.221. The summed E-state index contributed by atoms with van der Waals surface area (Å²) in [5, 5.41) is 2.57. The molecule has 4 nitrogen and oxygen atoms in total. The topological polar surface area (TPSA) is 50.4 Å². The Morgan fingerprint density at radius 2 is 2.05 bits per heavy atom. The largest absolute Gasteiger partial charge is 0.404 e. The predicted octanol–water partition coefficient (Wildman–Crippen LogP) is 1.78. The Kier molecular flexibility index (Phi) is 4.29. The molecule has 0 aliphatic carbocycles. The van der Waals surface area contributed by atoms with E-state index in [9.17, 15) is 18.0 Å². The molecule has 1 atom stereocenters. The average Bonchev–Trinajstić information content (AvgIpc) is 2.90. The first-order chi connectivity index (χ1) is 9.46. The maximum atomic E-state index is 13.1. The van der Waals surface area contributed by atoms with E-state index in [-0.39, 0.29) is 19.6 Å². The molecule has 1 heterocycles. The molecular formula is C13H15F3N2O2. The Morgan fingerprint density at radius 1 is 1.35 bits per heavy atom. The summed E-state index contributed by atoms with van der Waals surface area (Å²) in [6, 6.07) is 8.87. The third-order valence-corrected chi connectivity index (χ3v) is 3.38. The molecule has 1 amide bonds. The molecule has 1 aliphatic rings. The molecule has 0 bridgehead atoms. The van der Waals surface area contributed by atoms with Gasteiger partial charge in [0.05, 0.1) is 6.61 Å². The van der Waals surface area contributed by atoms with Crippen LogP contribution in [-0.4, -0.2) is 25.2 Å². The van der Waals surface area contributed by atoms with E-state index in [1.54, 1.807) is 24.3 Å². The minimum atomic E-state index is -4.60. The standard InChI is InChI=1S/C13H15F3N2O2/c14-13(15,16)12(6-7-17-9-12)11(19)18-20-8-10-4-2-1-3-5-10/h1-5,17H,6-9H2,(H,18,19). The Morgan fingerprint density at radius 3 is 2.60 bits per heavy atom. The van der Waals surface area contributed by atoms with Crippen molar-refractivity contribution < 1.29 is 22.8 Å². The van der Waals surface area contributed by atoms with Crippen molar-refractivity contribution in [2.45, 2.75) is 19.2 Å². The van der Waals surface area contributed by atoms with Gasteiger partial charge in [0.2, 0.25) is 0 Å². The normalized spacial score (nSPS) is 22.8. The van der Waals surface area contributed by atoms with Gasteiger partial charge >= 0.3 is 6.18 Å². The highest BCUT2D eigenvalue weighted by molar-refractivity contribution is 5.83. The molecular weight excluding hydrogens is 273 g/mol. The number of rotatable bonds is 4. The summed E-state index contributed by atoms with van der Waals surface area (Å²) in [4.78, 5) is 16.7. The van der Waals surface area contributed by atoms with Crippen molar-refractivity contribution in [3.05, 3.63) is 35.9 Å². The van der Waals surface area contributed by atoms with E-state index in [1.807, 2.05) is 11.5 Å². The molecule has 1 aromatic rings. The second kappa shape index (κ2) is 5.80. The Hall–Kier alpha value is -1.60. The molecule has 0 radical (unpaired) electrons. The van der Waals surface area contributed by atoms with Gasteiger partial charge < -0.3 is 5.32 Å². The zero-order valence-electron chi connectivity index (χ0n) is 10.7. The number of nitrogens with one attached hydrogen (secondary N) is 2. The van der Waals surface area contributed by atoms with Gasteiger partial charge in [-0.15, -0.1) is 0 Å². The minimum Gasteiger partial charge on any atom is -0.315 e. The second-order valence-corrected chi connectivity index (χ2v) is 4.71. The summed E-state index contributed by atoms with van der Waals surface area (Å²) in [5.41, 5.74) is 0.285. The minimum absolute atomic E-state index is 0.0218. The molecule has 1 fully saturated rings. The maximum absolute atomic E-state index is 13.1. The van der Waals surface area contributed by atoms with Crippen molar-refractivity contribution in [1.82, 2.24) is 10.8 Å². The maximum Gasteiger partial charge on any atom is 0.404 e. The number of carbonyl (C=O) groups is 1. The van der Waals surface area contributed by atoms with Crippen molar-refractivity contribution in [2.75, 3.05) is 13.1 Å². The van der Waals surface area contributed by atoms with E-state index in [0.717, 1.165) is 5.56 Å². The van der Waals surface area contributed by atoms with Crippen LogP contribution >= 0.6 is 0 Å². The van der Waals surface area contributed by atoms with Crippen LogP contribution in [-0.2, 0) is 16.2 Å². The summed E-state index contributed by atoms with van der Waals surface area (Å²) in [7, 11) is 0. The highest BCUT2D eigenvalue weighted by Crippen LogP contribution is 2.43. The monoisotopic (exact) mass is 288 g/mol. The Balaban J connectivity index is 1.93. The van der Waals surface area contributed by atoms with Crippen LogP contribution < -0.4 is 10.8 Å². The number of carbonyl (C=O) groups excluding carboxylic acids is 1. The van der Waals surface area contributed by atoms with Crippen LogP contribution in [0, 0.1) is 5.41 Å². The zero-order chi connectivity index (χ0) is 14.6. The third kappa shape index (κ3) is 2.94. The highest BCUT2D eigenvalue weighted by atomic mass is 19.4. The molecule has 1 unspecified atom stereocenters. The first kappa shape index (κ1) is 14.8. The quantitative estimate of drug-likeness (QED) is 0.830. The van der Waals surface area contributed by atoms with Crippen molar-refractivity contribution >= 4 is 5.91 Å². The smallest absolute Gasteiger partial charge is 0.315 e. The average molecular weight is 288 g/mol. The van der Waals surface area contributed by atoms with Crippen LogP contribution in [0.5, 0.6) is 0 Å². The van der Waals surface area contributed by atoms with Gasteiger partial charge in [-0.05, 0) is 18.5 Å². The van der Waals surface area contributed by atoms with Gasteiger partial charge in [0.25, 0.3) is 5.91 Å². The Bertz CT molecular complexity index is 456. The van der Waals surface area contributed by atoms with Gasteiger partial charge in [-0.25, -0.2) is 5.48 Å². The van der Waals surface area contributed by atoms with Gasteiger partial charge in [0.15, 0.2) is 5.41 Å². The number of hydrogen-bond donors (Lipinski definition) is 2. The van der Waals surface area contributed by atoms with E-state index in [0.29, 0.717) is 0 Å². The van der Waals surface area contributed by atoms with Crippen LogP contribution in [0.1, 0.15) is 12.0 Å². The fourth-order valence-electron chi connectivity index (χ4n) is 2.11. The van der Waals surface area contributed by atoms with Crippen molar-refractivity contribution in [2.24, 2.45) is 5.41 Å². The van der Waals surface area contributed by atoms with Crippen LogP contribution in [0.15, 0.2) is 30.3 Å². The fraction of sp³-hybridized carbons (Fsp3) is 0.462. The SMILES string of the molecule is O=C(NOCc1ccccc1)C1(C(F)(F)F)CCNC1. The van der Waals surface area contributed by atoms with E-state index < -0.39 is 24.0 Å². The van der Waals surface area contributed by atoms with Gasteiger partial charge in [0.1, 0.15) is 0 Å². The molecule has 1 aromatic carbocycles. The van der Waals surface area contributed by atoms with E-state index in [1.165, 1.54) is 0 Å². The van der Waals surface area contributed by atoms with Crippen LogP contribution in [0.4, 0.5) is 13.2 Å². The van der Waals surface area contributed by atoms with Crippen molar-refractivity contribution in [1.29, 1.82) is 0 Å². The molecule has 7 heteroatoms. The predicted molar refractivity (Wildman–Crippen MR) is 65.3 cm³/mol. The summed E-state index contributed by atoms with van der Waals surface area (Å²) in [6.07, 6.45) is -4.88. The Labute approximate surface area is 114 Å². The first-order valence-electron chi connectivity index (χ1n) is 6.19. The number of alkyl halides is 3. The molecule has 2 N–H and O–H groups in total.